The first-order valence-electron chi connectivity index (χ1n) is 9.84. The molecule has 31 heavy (non-hydrogen) atoms. The zero-order valence-electron chi connectivity index (χ0n) is 16.4. The van der Waals surface area contributed by atoms with Crippen LogP contribution in [0.5, 0.6) is 11.5 Å². The fourth-order valence-electron chi connectivity index (χ4n) is 3.85. The second-order valence-electron chi connectivity index (χ2n) is 7.69. The molecule has 164 valence electrons. The van der Waals surface area contributed by atoms with Crippen molar-refractivity contribution in [2.24, 2.45) is 0 Å². The number of phenols is 1. The Hall–Kier alpha value is -2.87. The van der Waals surface area contributed by atoms with E-state index in [1.165, 1.54) is 6.07 Å². The van der Waals surface area contributed by atoms with Crippen molar-refractivity contribution in [1.82, 2.24) is 5.06 Å². The molecule has 1 fully saturated rings. The van der Waals surface area contributed by atoms with Crippen molar-refractivity contribution in [1.29, 1.82) is 0 Å². The Balaban J connectivity index is 1.41. The van der Waals surface area contributed by atoms with Crippen LogP contribution in [0.2, 0.25) is 0 Å². The molecule has 0 unspecified atom stereocenters. The van der Waals surface area contributed by atoms with Crippen LogP contribution in [0.1, 0.15) is 29.9 Å². The number of piperidine rings is 1. The van der Waals surface area contributed by atoms with Crippen LogP contribution < -0.4 is 4.84 Å². The average Bonchev–Trinajstić information content (AvgIpc) is 2.73. The molecule has 3 aromatic carbocycles. The van der Waals surface area contributed by atoms with Crippen molar-refractivity contribution in [2.45, 2.75) is 30.9 Å². The van der Waals surface area contributed by atoms with Crippen LogP contribution in [0, 0.1) is 0 Å². The predicted molar refractivity (Wildman–Crippen MR) is 106 cm³/mol. The first kappa shape index (κ1) is 21.4. The van der Waals surface area contributed by atoms with Gasteiger partial charge in [0.15, 0.2) is 0 Å². The van der Waals surface area contributed by atoms with Gasteiger partial charge in [-0.3, -0.25) is 0 Å². The average molecular weight is 437 g/mol. The molecule has 0 saturated carbocycles. The molecule has 1 aliphatic heterocycles. The largest absolute Gasteiger partial charge is 0.508 e. The Labute approximate surface area is 175 Å². The maximum atomic E-state index is 13.6. The summed E-state index contributed by atoms with van der Waals surface area (Å²) in [6.07, 6.45) is -4.16. The van der Waals surface area contributed by atoms with Gasteiger partial charge in [-0.1, -0.05) is 36.4 Å². The summed E-state index contributed by atoms with van der Waals surface area (Å²) in [5.74, 6) is -4.50. The Morgan fingerprint density at radius 1 is 0.839 bits per heavy atom. The van der Waals surface area contributed by atoms with Crippen molar-refractivity contribution in [3.05, 3.63) is 71.8 Å². The van der Waals surface area contributed by atoms with Crippen molar-refractivity contribution in [3.63, 3.8) is 0 Å². The standard InChI is InChI=1S/C23H20F5NO2/c24-22(25,23(26,27)28)19-2-1-3-21(14-19)31-29-10-8-15(9-11-29)16-4-5-18-13-20(30)7-6-17(18)12-16/h1-7,12-15,30H,8-11H2. The molecule has 0 aromatic heterocycles. The fraction of sp³-hybridized carbons (Fsp3) is 0.304. The Morgan fingerprint density at radius 3 is 2.23 bits per heavy atom. The highest BCUT2D eigenvalue weighted by atomic mass is 19.4. The monoisotopic (exact) mass is 437 g/mol. The number of phenolic OH excluding ortho intramolecular Hbond substituents is 1. The van der Waals surface area contributed by atoms with E-state index >= 15 is 0 Å². The lowest BCUT2D eigenvalue weighted by atomic mass is 9.89. The van der Waals surface area contributed by atoms with Crippen molar-refractivity contribution < 1.29 is 31.9 Å². The molecule has 0 spiro atoms. The third-order valence-electron chi connectivity index (χ3n) is 5.56. The van der Waals surface area contributed by atoms with Crippen molar-refractivity contribution in [2.75, 3.05) is 13.1 Å². The molecule has 0 bridgehead atoms. The Morgan fingerprint density at radius 2 is 1.52 bits per heavy atom. The van der Waals surface area contributed by atoms with Crippen LogP contribution in [0.4, 0.5) is 22.0 Å². The molecule has 0 aliphatic carbocycles. The van der Waals surface area contributed by atoms with E-state index in [1.54, 1.807) is 17.2 Å². The zero-order valence-corrected chi connectivity index (χ0v) is 16.4. The number of hydrogen-bond donors (Lipinski definition) is 1. The zero-order chi connectivity index (χ0) is 22.2. The number of rotatable bonds is 4. The summed E-state index contributed by atoms with van der Waals surface area (Å²) in [7, 11) is 0. The smallest absolute Gasteiger partial charge is 0.458 e. The van der Waals surface area contributed by atoms with Crippen LogP contribution in [0.15, 0.2) is 60.7 Å². The highest BCUT2D eigenvalue weighted by Crippen LogP contribution is 2.44. The first-order chi connectivity index (χ1) is 14.6. The highest BCUT2D eigenvalue weighted by molar-refractivity contribution is 5.84. The van der Waals surface area contributed by atoms with Gasteiger partial charge < -0.3 is 9.94 Å². The van der Waals surface area contributed by atoms with Gasteiger partial charge in [-0.05, 0) is 59.4 Å². The van der Waals surface area contributed by atoms with Gasteiger partial charge >= 0.3 is 12.1 Å². The number of hydrogen-bond acceptors (Lipinski definition) is 3. The van der Waals surface area contributed by atoms with E-state index in [9.17, 15) is 27.1 Å². The van der Waals surface area contributed by atoms with Gasteiger partial charge in [0.05, 0.1) is 0 Å². The number of nitrogens with zero attached hydrogens (tertiary/aromatic N) is 1. The summed E-state index contributed by atoms with van der Waals surface area (Å²) in [6, 6.07) is 15.2. The summed E-state index contributed by atoms with van der Waals surface area (Å²) in [4.78, 5) is 5.58. The fourth-order valence-corrected chi connectivity index (χ4v) is 3.85. The van der Waals surface area contributed by atoms with Crippen LogP contribution in [-0.2, 0) is 5.92 Å². The van der Waals surface area contributed by atoms with E-state index in [-0.39, 0.29) is 17.4 Å². The minimum Gasteiger partial charge on any atom is -0.508 e. The van der Waals surface area contributed by atoms with Gasteiger partial charge in [0, 0.05) is 18.7 Å². The van der Waals surface area contributed by atoms with E-state index in [2.05, 4.69) is 6.07 Å². The van der Waals surface area contributed by atoms with Gasteiger partial charge in [-0.15, -0.1) is 5.06 Å². The predicted octanol–water partition coefficient (Wildman–Crippen LogP) is 6.37. The molecule has 8 heteroatoms. The summed E-state index contributed by atoms with van der Waals surface area (Å²) >= 11 is 0. The molecule has 4 rings (SSSR count). The summed E-state index contributed by atoms with van der Waals surface area (Å²) in [5.41, 5.74) is 0.0132. The van der Waals surface area contributed by atoms with Gasteiger partial charge in [0.1, 0.15) is 11.5 Å². The van der Waals surface area contributed by atoms with Gasteiger partial charge in [0.25, 0.3) is 0 Å². The number of halogens is 5. The van der Waals surface area contributed by atoms with E-state index in [0.717, 1.165) is 47.4 Å². The number of aromatic hydroxyl groups is 1. The molecule has 0 amide bonds. The molecule has 1 heterocycles. The minimum absolute atomic E-state index is 0.0506. The number of hydroxylamine groups is 2. The number of fused-ring (bicyclic) bond motifs is 1. The van der Waals surface area contributed by atoms with E-state index < -0.39 is 17.7 Å². The lowest BCUT2D eigenvalue weighted by molar-refractivity contribution is -0.289. The highest BCUT2D eigenvalue weighted by Gasteiger charge is 2.58. The number of alkyl halides is 5. The lowest BCUT2D eigenvalue weighted by Crippen LogP contribution is -2.36. The Kier molecular flexibility index (Phi) is 5.51. The normalized spacial score (nSPS) is 16.5. The van der Waals surface area contributed by atoms with Crippen molar-refractivity contribution >= 4 is 10.8 Å². The molecular weight excluding hydrogens is 417 g/mol. The molecule has 1 N–H and O–H groups in total. The first-order valence-corrected chi connectivity index (χ1v) is 9.84. The van der Waals surface area contributed by atoms with Crippen LogP contribution in [0.3, 0.4) is 0 Å². The summed E-state index contributed by atoms with van der Waals surface area (Å²) in [5, 5.41) is 13.1. The van der Waals surface area contributed by atoms with Gasteiger partial charge in [-0.25, -0.2) is 0 Å². The SMILES string of the molecule is Oc1ccc2cc(C3CCN(Oc4cccc(C(F)(F)C(F)(F)F)c4)CC3)ccc2c1. The third-order valence-corrected chi connectivity index (χ3v) is 5.56. The molecule has 1 aliphatic rings. The van der Waals surface area contributed by atoms with Crippen LogP contribution in [0.25, 0.3) is 10.8 Å². The second-order valence-corrected chi connectivity index (χ2v) is 7.69. The summed E-state index contributed by atoms with van der Waals surface area (Å²) < 4.78 is 65.0. The lowest BCUT2D eigenvalue weighted by Gasteiger charge is -2.31. The summed E-state index contributed by atoms with van der Waals surface area (Å²) in [6.45, 7) is 1.02. The molecule has 1 saturated heterocycles. The number of benzene rings is 3. The van der Waals surface area contributed by atoms with Crippen molar-refractivity contribution in [3.8, 4) is 11.5 Å². The Bertz CT molecular complexity index is 1070. The molecule has 3 nitrogen and oxygen atoms in total. The van der Waals surface area contributed by atoms with Crippen LogP contribution in [-0.4, -0.2) is 29.4 Å². The molecule has 3 aromatic rings. The molecule has 0 radical (unpaired) electrons. The van der Waals surface area contributed by atoms with Gasteiger partial charge in [-0.2, -0.15) is 22.0 Å². The van der Waals surface area contributed by atoms with Crippen LogP contribution >= 0.6 is 0 Å². The van der Waals surface area contributed by atoms with Gasteiger partial charge in [0.2, 0.25) is 0 Å². The van der Waals surface area contributed by atoms with E-state index in [1.807, 2.05) is 18.2 Å². The maximum Gasteiger partial charge on any atom is 0.458 e. The van der Waals surface area contributed by atoms with E-state index in [0.29, 0.717) is 13.1 Å². The third kappa shape index (κ3) is 4.44. The second kappa shape index (κ2) is 8.00. The molecule has 0 atom stereocenters. The topological polar surface area (TPSA) is 32.7 Å². The molecular formula is C23H20F5NO2. The maximum absolute atomic E-state index is 13.6. The van der Waals surface area contributed by atoms with E-state index in [4.69, 9.17) is 4.84 Å². The minimum atomic E-state index is -5.66. The quantitative estimate of drug-likeness (QED) is 0.481.